The largest absolute Gasteiger partial charge is 1.00 e. The van der Waals surface area contributed by atoms with Gasteiger partial charge >= 0.3 is 0 Å². The fourth-order valence-corrected chi connectivity index (χ4v) is 5.95. The third kappa shape index (κ3) is 18.9. The Morgan fingerprint density at radius 3 is 0.941 bits per heavy atom. The lowest BCUT2D eigenvalue weighted by Gasteiger charge is -2.35. The summed E-state index contributed by atoms with van der Waals surface area (Å²) in [4.78, 5) is 0. The van der Waals surface area contributed by atoms with Crippen molar-refractivity contribution >= 4 is 0 Å². The van der Waals surface area contributed by atoms with Gasteiger partial charge in [-0.05, 0) is 25.7 Å². The normalized spacial score (nSPS) is 22.9. The van der Waals surface area contributed by atoms with Crippen LogP contribution in [0.4, 0.5) is 0 Å². The van der Waals surface area contributed by atoms with E-state index in [0.29, 0.717) is 0 Å². The number of hydrogen-bond donors (Lipinski definition) is 0. The van der Waals surface area contributed by atoms with Crippen LogP contribution < -0.4 is 24.0 Å². The maximum Gasteiger partial charge on any atom is 0.128 e. The third-order valence-corrected chi connectivity index (χ3v) is 8.68. The van der Waals surface area contributed by atoms with E-state index in [1.54, 1.807) is 0 Å². The molecule has 0 N–H and O–H groups in total. The first-order valence-corrected chi connectivity index (χ1v) is 15.7. The van der Waals surface area contributed by atoms with Gasteiger partial charge in [0, 0.05) is 6.42 Å². The van der Waals surface area contributed by atoms with E-state index in [9.17, 15) is 0 Å². The van der Waals surface area contributed by atoms with Gasteiger partial charge in [0.2, 0.25) is 0 Å². The van der Waals surface area contributed by atoms with Crippen LogP contribution in [-0.4, -0.2) is 62.3 Å². The highest BCUT2D eigenvalue weighted by atomic mass is 127. The smallest absolute Gasteiger partial charge is 0.128 e. The zero-order valence-corrected chi connectivity index (χ0v) is 26.5. The highest BCUT2D eigenvalue weighted by Crippen LogP contribution is 2.19. The fraction of sp³-hybridized carbons (Fsp3) is 1.00. The summed E-state index contributed by atoms with van der Waals surface area (Å²) in [6.07, 6.45) is 30.6. The van der Waals surface area contributed by atoms with Crippen molar-refractivity contribution in [3.05, 3.63) is 0 Å². The summed E-state index contributed by atoms with van der Waals surface area (Å²) in [5, 5.41) is 0. The zero-order chi connectivity index (χ0) is 24.1. The molecule has 0 bridgehead atoms. The number of nitrogens with zero attached hydrogens (tertiary/aromatic N) is 2. The van der Waals surface area contributed by atoms with Gasteiger partial charge in [-0.1, -0.05) is 117 Å². The minimum absolute atomic E-state index is 0. The molecule has 1 rings (SSSR count). The topological polar surface area (TPSA) is 0 Å². The van der Waals surface area contributed by atoms with Crippen molar-refractivity contribution in [2.75, 3.05) is 53.4 Å². The van der Waals surface area contributed by atoms with E-state index in [2.05, 4.69) is 27.9 Å². The zero-order valence-electron chi connectivity index (χ0n) is 24.4. The fourth-order valence-electron chi connectivity index (χ4n) is 5.95. The molecule has 0 saturated carbocycles. The summed E-state index contributed by atoms with van der Waals surface area (Å²) in [6.45, 7) is 13.1. The van der Waals surface area contributed by atoms with Gasteiger partial charge in [-0.2, -0.15) is 0 Å². The lowest BCUT2D eigenvalue weighted by molar-refractivity contribution is -0.946. The summed E-state index contributed by atoms with van der Waals surface area (Å²) < 4.78 is 2.70. The number of likely N-dealkylation sites (N-methyl/N-ethyl adjacent to an activating group) is 2. The molecule has 1 aliphatic heterocycles. The average molecular weight is 594 g/mol. The molecule has 1 saturated heterocycles. The number of hydrogen-bond acceptors (Lipinski definition) is 0. The Balaban J connectivity index is 0.0000109. The molecule has 3 heteroatoms. The molecule has 0 radical (unpaired) electrons. The van der Waals surface area contributed by atoms with Crippen LogP contribution in [-0.2, 0) is 0 Å². The predicted molar refractivity (Wildman–Crippen MR) is 150 cm³/mol. The standard InChI is InChI=1S/C31H66N2.HI/c1-5-7-9-11-13-15-17-19-21-23-26-32(3)28-25-29-33(4,31-30-32)27-24-22-20-18-16-14-12-10-8-6-2;/h5-31H2,1-4H3;1H/q+2;/p-1. The van der Waals surface area contributed by atoms with Gasteiger partial charge in [-0.15, -0.1) is 0 Å². The molecule has 34 heavy (non-hydrogen) atoms. The molecule has 1 fully saturated rings. The first-order chi connectivity index (χ1) is 16.0. The quantitative estimate of drug-likeness (QED) is 0.0805. The van der Waals surface area contributed by atoms with E-state index in [-0.39, 0.29) is 24.0 Å². The molecule has 2 atom stereocenters. The minimum Gasteiger partial charge on any atom is -1.00 e. The van der Waals surface area contributed by atoms with Crippen molar-refractivity contribution in [1.82, 2.24) is 0 Å². The maximum atomic E-state index is 2.56. The number of halogens is 1. The second-order valence-electron chi connectivity index (χ2n) is 12.3. The Bertz CT molecular complexity index is 392. The van der Waals surface area contributed by atoms with Crippen molar-refractivity contribution < 1.29 is 32.9 Å². The van der Waals surface area contributed by atoms with Gasteiger partial charge in [0.25, 0.3) is 0 Å². The van der Waals surface area contributed by atoms with Gasteiger partial charge in [-0.3, -0.25) is 0 Å². The maximum absolute atomic E-state index is 2.56. The van der Waals surface area contributed by atoms with Crippen LogP contribution in [0.1, 0.15) is 149 Å². The second-order valence-corrected chi connectivity index (χ2v) is 12.3. The lowest BCUT2D eigenvalue weighted by atomic mass is 10.1. The van der Waals surface area contributed by atoms with Gasteiger partial charge in [0.1, 0.15) is 13.1 Å². The molecule has 0 amide bonds. The molecule has 1 aliphatic rings. The van der Waals surface area contributed by atoms with Crippen molar-refractivity contribution in [2.24, 2.45) is 0 Å². The number of quaternary nitrogens is 2. The van der Waals surface area contributed by atoms with Gasteiger partial charge < -0.3 is 32.9 Å². The van der Waals surface area contributed by atoms with Crippen molar-refractivity contribution in [1.29, 1.82) is 0 Å². The molecule has 2 nitrogen and oxygen atoms in total. The average Bonchev–Trinajstić information content (AvgIpc) is 2.95. The Hall–Kier alpha value is 0.650. The first-order valence-electron chi connectivity index (χ1n) is 15.7. The van der Waals surface area contributed by atoms with Gasteiger partial charge in [0.05, 0.1) is 40.3 Å². The number of rotatable bonds is 22. The van der Waals surface area contributed by atoms with Crippen molar-refractivity contribution in [3.63, 3.8) is 0 Å². The van der Waals surface area contributed by atoms with Gasteiger partial charge in [-0.25, -0.2) is 0 Å². The Morgan fingerprint density at radius 1 is 0.382 bits per heavy atom. The Kier molecular flexibility index (Phi) is 23.3. The molecule has 0 aliphatic carbocycles. The van der Waals surface area contributed by atoms with E-state index in [4.69, 9.17) is 0 Å². The van der Waals surface area contributed by atoms with Crippen molar-refractivity contribution in [3.8, 4) is 0 Å². The molecule has 1 heterocycles. The van der Waals surface area contributed by atoms with Crippen molar-refractivity contribution in [2.45, 2.75) is 149 Å². The highest BCUT2D eigenvalue weighted by molar-refractivity contribution is 4.54. The van der Waals surface area contributed by atoms with Crippen LogP contribution in [0.2, 0.25) is 0 Å². The van der Waals surface area contributed by atoms with E-state index >= 15 is 0 Å². The molecular formula is C31H66IN2+. The molecule has 0 aromatic rings. The van der Waals surface area contributed by atoms with Gasteiger partial charge in [0.15, 0.2) is 0 Å². The van der Waals surface area contributed by atoms with Crippen LogP contribution in [0.25, 0.3) is 0 Å². The molecule has 0 aromatic heterocycles. The Morgan fingerprint density at radius 2 is 0.647 bits per heavy atom. The summed E-state index contributed by atoms with van der Waals surface area (Å²) >= 11 is 0. The summed E-state index contributed by atoms with van der Waals surface area (Å²) in [5.74, 6) is 0. The summed E-state index contributed by atoms with van der Waals surface area (Å²) in [6, 6.07) is 0. The van der Waals surface area contributed by atoms with E-state index in [1.165, 1.54) is 183 Å². The highest BCUT2D eigenvalue weighted by Gasteiger charge is 2.32. The minimum atomic E-state index is 0. The number of unbranched alkanes of at least 4 members (excludes halogenated alkanes) is 18. The first kappa shape index (κ1) is 34.6. The molecular weight excluding hydrogens is 527 g/mol. The summed E-state index contributed by atoms with van der Waals surface area (Å²) in [7, 11) is 5.12. The van der Waals surface area contributed by atoms with Crippen LogP contribution in [0.15, 0.2) is 0 Å². The molecule has 2 unspecified atom stereocenters. The second kappa shape index (κ2) is 22.8. The van der Waals surface area contributed by atoms with E-state index < -0.39 is 0 Å². The van der Waals surface area contributed by atoms with Crippen LogP contribution in [0.5, 0.6) is 0 Å². The van der Waals surface area contributed by atoms with Crippen LogP contribution in [0.3, 0.4) is 0 Å². The van der Waals surface area contributed by atoms with E-state index in [1.807, 2.05) is 0 Å². The molecule has 0 aromatic carbocycles. The predicted octanol–water partition coefficient (Wildman–Crippen LogP) is 6.13. The monoisotopic (exact) mass is 593 g/mol. The van der Waals surface area contributed by atoms with E-state index in [0.717, 1.165) is 0 Å². The SMILES string of the molecule is CCCCCCCCCCCC[N+]1(C)CCC[N+](C)(CCCCCCCCCCCC)CC1.[I-]. The summed E-state index contributed by atoms with van der Waals surface area (Å²) in [5.41, 5.74) is 0. The molecule has 0 spiro atoms. The Labute approximate surface area is 234 Å². The van der Waals surface area contributed by atoms with Crippen LogP contribution in [0, 0.1) is 0 Å². The molecule has 206 valence electrons. The van der Waals surface area contributed by atoms with Crippen LogP contribution >= 0.6 is 0 Å². The lowest BCUT2D eigenvalue weighted by Crippen LogP contribution is -3.00. The third-order valence-electron chi connectivity index (χ3n) is 8.68.